The van der Waals surface area contributed by atoms with Crippen molar-refractivity contribution in [3.05, 3.63) is 60.7 Å². The summed E-state index contributed by atoms with van der Waals surface area (Å²) < 4.78 is 0. The highest BCUT2D eigenvalue weighted by molar-refractivity contribution is 7.04. The standard InChI is InChI=1S/C22H28Si/c1-3-11-19(12-4-1)23(21-15-7-8-16-21,22-17-9-10-18-22)20-13-5-2-6-14-20/h1-6,11-14,21-22H,7-10,15-18H2. The van der Waals surface area contributed by atoms with Crippen LogP contribution in [0.15, 0.2) is 60.7 Å². The van der Waals surface area contributed by atoms with Crippen LogP contribution in [0.2, 0.25) is 11.1 Å². The van der Waals surface area contributed by atoms with Gasteiger partial charge in [-0.05, 0) is 11.1 Å². The monoisotopic (exact) mass is 320 g/mol. The number of rotatable bonds is 4. The Bertz CT molecular complexity index is 549. The van der Waals surface area contributed by atoms with Gasteiger partial charge in [0.05, 0.1) is 0 Å². The Morgan fingerprint density at radius 3 is 1.22 bits per heavy atom. The number of benzene rings is 2. The topological polar surface area (TPSA) is 0 Å². The molecular formula is C22H28Si. The number of hydrogen-bond acceptors (Lipinski definition) is 0. The third-order valence-corrected chi connectivity index (χ3v) is 12.8. The van der Waals surface area contributed by atoms with Crippen molar-refractivity contribution < 1.29 is 0 Å². The lowest BCUT2D eigenvalue weighted by Gasteiger charge is -2.43. The molecule has 2 saturated carbocycles. The first-order valence-corrected chi connectivity index (χ1v) is 11.7. The van der Waals surface area contributed by atoms with Gasteiger partial charge in [-0.3, -0.25) is 0 Å². The van der Waals surface area contributed by atoms with E-state index in [4.69, 9.17) is 0 Å². The van der Waals surface area contributed by atoms with E-state index >= 15 is 0 Å². The van der Waals surface area contributed by atoms with Gasteiger partial charge in [-0.15, -0.1) is 0 Å². The van der Waals surface area contributed by atoms with E-state index in [-0.39, 0.29) is 0 Å². The normalized spacial score (nSPS) is 20.2. The van der Waals surface area contributed by atoms with E-state index in [1.54, 1.807) is 10.4 Å². The molecule has 0 heterocycles. The Hall–Kier alpha value is -1.34. The van der Waals surface area contributed by atoms with Crippen molar-refractivity contribution >= 4 is 18.4 Å². The molecule has 0 N–H and O–H groups in total. The molecule has 2 aromatic rings. The molecule has 0 nitrogen and oxygen atoms in total. The molecule has 0 amide bonds. The zero-order valence-corrected chi connectivity index (χ0v) is 15.1. The number of hydrogen-bond donors (Lipinski definition) is 0. The molecule has 0 aromatic heterocycles. The molecule has 1 heteroatoms. The van der Waals surface area contributed by atoms with Crippen molar-refractivity contribution in [2.24, 2.45) is 0 Å². The molecule has 4 rings (SSSR count). The SMILES string of the molecule is c1ccc([Si](c2ccccc2)(C2CCCC2)C2CCCC2)cc1. The van der Waals surface area contributed by atoms with E-state index in [1.165, 1.54) is 51.4 Å². The van der Waals surface area contributed by atoms with E-state index in [2.05, 4.69) is 60.7 Å². The summed E-state index contributed by atoms with van der Waals surface area (Å²) in [5.74, 6) is 0. The van der Waals surface area contributed by atoms with E-state index < -0.39 is 8.07 Å². The smallest absolute Gasteiger partial charge is 0.0626 e. The van der Waals surface area contributed by atoms with Crippen LogP contribution in [0, 0.1) is 0 Å². The van der Waals surface area contributed by atoms with Gasteiger partial charge in [0.15, 0.2) is 0 Å². The van der Waals surface area contributed by atoms with Gasteiger partial charge in [-0.2, -0.15) is 0 Å². The summed E-state index contributed by atoms with van der Waals surface area (Å²) in [6.45, 7) is 0. The second kappa shape index (κ2) is 6.65. The van der Waals surface area contributed by atoms with Gasteiger partial charge in [-0.1, -0.05) is 122 Å². The van der Waals surface area contributed by atoms with Crippen molar-refractivity contribution in [1.29, 1.82) is 0 Å². The quantitative estimate of drug-likeness (QED) is 0.684. The minimum atomic E-state index is -1.68. The average Bonchev–Trinajstić information content (AvgIpc) is 3.32. The largest absolute Gasteiger partial charge is 0.124 e. The van der Waals surface area contributed by atoms with Crippen LogP contribution in [-0.4, -0.2) is 8.07 Å². The minimum Gasteiger partial charge on any atom is -0.0626 e. The zero-order valence-electron chi connectivity index (χ0n) is 14.1. The third kappa shape index (κ3) is 2.59. The Balaban J connectivity index is 1.92. The van der Waals surface area contributed by atoms with Crippen LogP contribution in [0.5, 0.6) is 0 Å². The fourth-order valence-electron chi connectivity index (χ4n) is 5.63. The molecule has 2 aromatic carbocycles. The molecule has 0 unspecified atom stereocenters. The predicted octanol–water partition coefficient (Wildman–Crippen LogP) is 5.14. The Morgan fingerprint density at radius 1 is 0.522 bits per heavy atom. The first-order valence-electron chi connectivity index (χ1n) is 9.53. The van der Waals surface area contributed by atoms with Crippen LogP contribution in [0.4, 0.5) is 0 Å². The first-order chi connectivity index (χ1) is 11.4. The first kappa shape index (κ1) is 15.2. The van der Waals surface area contributed by atoms with Gasteiger partial charge >= 0.3 is 0 Å². The van der Waals surface area contributed by atoms with Crippen LogP contribution < -0.4 is 10.4 Å². The van der Waals surface area contributed by atoms with Crippen molar-refractivity contribution in [2.75, 3.05) is 0 Å². The highest BCUT2D eigenvalue weighted by Crippen LogP contribution is 2.49. The van der Waals surface area contributed by atoms with Gasteiger partial charge in [0.25, 0.3) is 0 Å². The van der Waals surface area contributed by atoms with Crippen LogP contribution in [0.1, 0.15) is 51.4 Å². The zero-order chi connectivity index (χ0) is 15.5. The fraction of sp³-hybridized carbons (Fsp3) is 0.455. The molecule has 2 aliphatic carbocycles. The maximum absolute atomic E-state index is 2.47. The van der Waals surface area contributed by atoms with E-state index in [1.807, 2.05) is 0 Å². The summed E-state index contributed by atoms with van der Waals surface area (Å²) in [5, 5.41) is 3.43. The molecular weight excluding hydrogens is 292 g/mol. The molecule has 0 spiro atoms. The van der Waals surface area contributed by atoms with E-state index in [0.29, 0.717) is 0 Å². The maximum atomic E-state index is 2.47. The minimum absolute atomic E-state index is 0.954. The Kier molecular flexibility index (Phi) is 4.39. The van der Waals surface area contributed by atoms with E-state index in [0.717, 1.165) is 11.1 Å². The maximum Gasteiger partial charge on any atom is 0.124 e. The molecule has 0 aliphatic heterocycles. The van der Waals surface area contributed by atoms with Gasteiger partial charge in [0, 0.05) is 0 Å². The van der Waals surface area contributed by atoms with Gasteiger partial charge < -0.3 is 0 Å². The van der Waals surface area contributed by atoms with Gasteiger partial charge in [0.2, 0.25) is 0 Å². The molecule has 0 radical (unpaired) electrons. The summed E-state index contributed by atoms with van der Waals surface area (Å²) in [7, 11) is -1.68. The van der Waals surface area contributed by atoms with Gasteiger partial charge in [0.1, 0.15) is 8.07 Å². The molecule has 0 atom stereocenters. The lowest BCUT2D eigenvalue weighted by molar-refractivity contribution is 0.766. The molecule has 0 saturated heterocycles. The second-order valence-electron chi connectivity index (χ2n) is 7.56. The fourth-order valence-corrected chi connectivity index (χ4v) is 12.6. The van der Waals surface area contributed by atoms with Crippen molar-refractivity contribution in [2.45, 2.75) is 62.4 Å². The van der Waals surface area contributed by atoms with Crippen LogP contribution in [-0.2, 0) is 0 Å². The molecule has 0 bridgehead atoms. The predicted molar refractivity (Wildman–Crippen MR) is 102 cm³/mol. The Labute approximate surface area is 142 Å². The lowest BCUT2D eigenvalue weighted by atomic mass is 10.3. The highest BCUT2D eigenvalue weighted by atomic mass is 28.3. The molecule has 23 heavy (non-hydrogen) atoms. The van der Waals surface area contributed by atoms with Gasteiger partial charge in [-0.25, -0.2) is 0 Å². The third-order valence-electron chi connectivity index (χ3n) is 6.50. The molecule has 2 fully saturated rings. The summed E-state index contributed by atoms with van der Waals surface area (Å²) in [6, 6.07) is 23.4. The van der Waals surface area contributed by atoms with Crippen molar-refractivity contribution in [3.63, 3.8) is 0 Å². The van der Waals surface area contributed by atoms with Crippen molar-refractivity contribution in [3.8, 4) is 0 Å². The second-order valence-corrected chi connectivity index (χ2v) is 12.1. The Morgan fingerprint density at radius 2 is 0.870 bits per heavy atom. The average molecular weight is 321 g/mol. The van der Waals surface area contributed by atoms with Crippen LogP contribution in [0.25, 0.3) is 0 Å². The lowest BCUT2D eigenvalue weighted by Crippen LogP contribution is -2.63. The van der Waals surface area contributed by atoms with E-state index in [9.17, 15) is 0 Å². The highest BCUT2D eigenvalue weighted by Gasteiger charge is 2.51. The summed E-state index contributed by atoms with van der Waals surface area (Å²) in [6.07, 6.45) is 11.7. The molecule has 2 aliphatic rings. The summed E-state index contributed by atoms with van der Waals surface area (Å²) >= 11 is 0. The summed E-state index contributed by atoms with van der Waals surface area (Å²) in [4.78, 5) is 0. The van der Waals surface area contributed by atoms with Crippen LogP contribution >= 0.6 is 0 Å². The van der Waals surface area contributed by atoms with Crippen LogP contribution in [0.3, 0.4) is 0 Å². The van der Waals surface area contributed by atoms with Crippen molar-refractivity contribution in [1.82, 2.24) is 0 Å². The molecule has 120 valence electrons. The summed E-state index contributed by atoms with van der Waals surface area (Å²) in [5.41, 5.74) is 1.91.